The molecular formula is C16H18N2O. The molecule has 0 aliphatic heterocycles. The lowest BCUT2D eigenvalue weighted by molar-refractivity contribution is 0.250. The van der Waals surface area contributed by atoms with Crippen LogP contribution in [-0.2, 0) is 5.41 Å². The predicted molar refractivity (Wildman–Crippen MR) is 74.9 cm³/mol. The maximum absolute atomic E-state index is 9.47. The third-order valence-electron chi connectivity index (χ3n) is 4.09. The highest BCUT2D eigenvalue weighted by atomic mass is 16.3. The Balaban J connectivity index is 2.01. The molecule has 0 amide bonds. The van der Waals surface area contributed by atoms with E-state index in [0.29, 0.717) is 0 Å². The van der Waals surface area contributed by atoms with E-state index in [1.54, 1.807) is 6.20 Å². The zero-order valence-electron chi connectivity index (χ0n) is 11.3. The number of hydrogen-bond acceptors (Lipinski definition) is 3. The van der Waals surface area contributed by atoms with Gasteiger partial charge in [-0.15, -0.1) is 0 Å². The van der Waals surface area contributed by atoms with Gasteiger partial charge in [0.1, 0.15) is 5.82 Å². The Labute approximate surface area is 113 Å². The Morgan fingerprint density at radius 1 is 1.16 bits per heavy atom. The number of aromatic nitrogens is 2. The van der Waals surface area contributed by atoms with Gasteiger partial charge >= 0.3 is 0 Å². The molecule has 0 atom stereocenters. The molecule has 1 N–H and O–H groups in total. The van der Waals surface area contributed by atoms with Crippen LogP contribution in [0.3, 0.4) is 0 Å². The van der Waals surface area contributed by atoms with Gasteiger partial charge in [0.15, 0.2) is 0 Å². The lowest BCUT2D eigenvalue weighted by atomic mass is 10.0. The van der Waals surface area contributed by atoms with Gasteiger partial charge in [0, 0.05) is 11.8 Å². The molecule has 1 fully saturated rings. The zero-order valence-corrected chi connectivity index (χ0v) is 11.3. The van der Waals surface area contributed by atoms with Crippen molar-refractivity contribution in [1.82, 2.24) is 9.97 Å². The highest BCUT2D eigenvalue weighted by Gasteiger charge is 2.46. The van der Waals surface area contributed by atoms with Crippen LogP contribution in [0.1, 0.15) is 29.8 Å². The molecular weight excluding hydrogens is 236 g/mol. The van der Waals surface area contributed by atoms with E-state index in [1.165, 1.54) is 11.1 Å². The van der Waals surface area contributed by atoms with Gasteiger partial charge in [-0.1, -0.05) is 12.1 Å². The van der Waals surface area contributed by atoms with E-state index in [0.717, 1.165) is 29.9 Å². The maximum Gasteiger partial charge on any atom is 0.137 e. The molecule has 1 heterocycles. The van der Waals surface area contributed by atoms with E-state index in [9.17, 15) is 5.11 Å². The van der Waals surface area contributed by atoms with Gasteiger partial charge in [-0.3, -0.25) is 0 Å². The first-order chi connectivity index (χ1) is 9.14. The summed E-state index contributed by atoms with van der Waals surface area (Å²) in [5, 5.41) is 9.47. The molecule has 3 nitrogen and oxygen atoms in total. The van der Waals surface area contributed by atoms with Gasteiger partial charge in [0.25, 0.3) is 0 Å². The molecule has 1 aliphatic carbocycles. The Morgan fingerprint density at radius 3 is 2.58 bits per heavy atom. The van der Waals surface area contributed by atoms with Crippen molar-refractivity contribution in [3.63, 3.8) is 0 Å². The average molecular weight is 254 g/mol. The lowest BCUT2D eigenvalue weighted by Gasteiger charge is -2.11. The summed E-state index contributed by atoms with van der Waals surface area (Å²) >= 11 is 0. The first-order valence-electron chi connectivity index (χ1n) is 6.67. The summed E-state index contributed by atoms with van der Waals surface area (Å²) < 4.78 is 0. The van der Waals surface area contributed by atoms with E-state index >= 15 is 0 Å². The van der Waals surface area contributed by atoms with Crippen LogP contribution < -0.4 is 0 Å². The van der Waals surface area contributed by atoms with Crippen LogP contribution in [-0.4, -0.2) is 21.7 Å². The van der Waals surface area contributed by atoms with Crippen molar-refractivity contribution in [2.75, 3.05) is 6.61 Å². The Morgan fingerprint density at radius 2 is 1.95 bits per heavy atom. The third-order valence-corrected chi connectivity index (χ3v) is 4.09. The molecule has 3 rings (SSSR count). The standard InChI is InChI=1S/C16H18N2O/c1-11-3-4-13(9-12(11)2)14-5-8-17-15(18-14)16(10-19)6-7-16/h3-5,8-9,19H,6-7,10H2,1-2H3. The lowest BCUT2D eigenvalue weighted by Crippen LogP contribution is -2.16. The number of aryl methyl sites for hydroxylation is 2. The predicted octanol–water partition coefficient (Wildman–Crippen LogP) is 2.78. The molecule has 2 aromatic rings. The highest BCUT2D eigenvalue weighted by molar-refractivity contribution is 5.60. The Hall–Kier alpha value is -1.74. The zero-order chi connectivity index (χ0) is 13.5. The van der Waals surface area contributed by atoms with Gasteiger partial charge in [0.05, 0.1) is 17.7 Å². The number of aliphatic hydroxyl groups excluding tert-OH is 1. The third kappa shape index (κ3) is 2.15. The van der Waals surface area contributed by atoms with Gasteiger partial charge < -0.3 is 5.11 Å². The topological polar surface area (TPSA) is 46.0 Å². The molecule has 0 spiro atoms. The fraction of sp³-hybridized carbons (Fsp3) is 0.375. The highest BCUT2D eigenvalue weighted by Crippen LogP contribution is 2.46. The van der Waals surface area contributed by atoms with Gasteiger partial charge in [0.2, 0.25) is 0 Å². The molecule has 19 heavy (non-hydrogen) atoms. The maximum atomic E-state index is 9.47. The van der Waals surface area contributed by atoms with Crippen LogP contribution in [0.15, 0.2) is 30.5 Å². The fourth-order valence-corrected chi connectivity index (χ4v) is 2.28. The van der Waals surface area contributed by atoms with Crippen molar-refractivity contribution < 1.29 is 5.11 Å². The van der Waals surface area contributed by atoms with Crippen LogP contribution >= 0.6 is 0 Å². The van der Waals surface area contributed by atoms with E-state index in [-0.39, 0.29) is 12.0 Å². The number of aliphatic hydroxyl groups is 1. The molecule has 3 heteroatoms. The van der Waals surface area contributed by atoms with Crippen molar-refractivity contribution in [2.24, 2.45) is 0 Å². The normalized spacial score (nSPS) is 16.4. The summed E-state index contributed by atoms with van der Waals surface area (Å²) in [4.78, 5) is 8.99. The first-order valence-corrected chi connectivity index (χ1v) is 6.67. The summed E-state index contributed by atoms with van der Waals surface area (Å²) in [6, 6.07) is 8.29. The molecule has 1 saturated carbocycles. The molecule has 98 valence electrons. The van der Waals surface area contributed by atoms with Gasteiger partial charge in [-0.25, -0.2) is 9.97 Å². The Bertz CT molecular complexity index is 618. The van der Waals surface area contributed by atoms with E-state index < -0.39 is 0 Å². The molecule has 0 bridgehead atoms. The SMILES string of the molecule is Cc1ccc(-c2ccnc(C3(CO)CC3)n2)cc1C. The summed E-state index contributed by atoms with van der Waals surface area (Å²) in [6.07, 6.45) is 3.77. The van der Waals surface area contributed by atoms with Crippen molar-refractivity contribution in [1.29, 1.82) is 0 Å². The van der Waals surface area contributed by atoms with Crippen LogP contribution in [0.25, 0.3) is 11.3 Å². The number of hydrogen-bond donors (Lipinski definition) is 1. The number of rotatable bonds is 3. The molecule has 0 unspecified atom stereocenters. The largest absolute Gasteiger partial charge is 0.395 e. The Kier molecular flexibility index (Phi) is 2.86. The molecule has 1 aromatic heterocycles. The number of benzene rings is 1. The van der Waals surface area contributed by atoms with E-state index in [1.807, 2.05) is 6.07 Å². The molecule has 0 radical (unpaired) electrons. The monoisotopic (exact) mass is 254 g/mol. The van der Waals surface area contributed by atoms with Crippen LogP contribution in [0, 0.1) is 13.8 Å². The summed E-state index contributed by atoms with van der Waals surface area (Å²) in [7, 11) is 0. The molecule has 0 saturated heterocycles. The fourth-order valence-electron chi connectivity index (χ4n) is 2.28. The summed E-state index contributed by atoms with van der Waals surface area (Å²) in [5.41, 5.74) is 4.43. The quantitative estimate of drug-likeness (QED) is 0.916. The average Bonchev–Trinajstić information content (AvgIpc) is 3.23. The first kappa shape index (κ1) is 12.3. The van der Waals surface area contributed by atoms with Crippen LogP contribution in [0.4, 0.5) is 0 Å². The second kappa shape index (κ2) is 4.42. The minimum absolute atomic E-state index is 0.142. The minimum atomic E-state index is -0.171. The van der Waals surface area contributed by atoms with Gasteiger partial charge in [-0.2, -0.15) is 0 Å². The molecule has 1 aliphatic rings. The van der Waals surface area contributed by atoms with Crippen LogP contribution in [0.2, 0.25) is 0 Å². The van der Waals surface area contributed by atoms with Gasteiger partial charge in [-0.05, 0) is 49.9 Å². The minimum Gasteiger partial charge on any atom is -0.395 e. The van der Waals surface area contributed by atoms with Crippen molar-refractivity contribution in [3.8, 4) is 11.3 Å². The summed E-state index contributed by atoms with van der Waals surface area (Å²) in [6.45, 7) is 4.36. The van der Waals surface area contributed by atoms with E-state index in [4.69, 9.17) is 0 Å². The second-order valence-corrected chi connectivity index (χ2v) is 5.50. The van der Waals surface area contributed by atoms with E-state index in [2.05, 4.69) is 42.0 Å². The summed E-state index contributed by atoms with van der Waals surface area (Å²) in [5.74, 6) is 0.783. The molecule has 1 aromatic carbocycles. The number of nitrogens with zero attached hydrogens (tertiary/aromatic N) is 2. The van der Waals surface area contributed by atoms with Crippen molar-refractivity contribution in [2.45, 2.75) is 32.1 Å². The van der Waals surface area contributed by atoms with Crippen molar-refractivity contribution in [3.05, 3.63) is 47.4 Å². The smallest absolute Gasteiger partial charge is 0.137 e. The van der Waals surface area contributed by atoms with Crippen molar-refractivity contribution >= 4 is 0 Å². The van der Waals surface area contributed by atoms with Crippen LogP contribution in [0.5, 0.6) is 0 Å². The second-order valence-electron chi connectivity index (χ2n) is 5.50.